The molecule has 0 aliphatic rings. The predicted molar refractivity (Wildman–Crippen MR) is 116 cm³/mol. The van der Waals surface area contributed by atoms with Gasteiger partial charge in [-0.1, -0.05) is 90.9 Å². The maximum absolute atomic E-state index is 11.7. The highest BCUT2D eigenvalue weighted by Crippen LogP contribution is 2.10. The highest BCUT2D eigenvalue weighted by molar-refractivity contribution is 5.69. The number of carbonyl (C=O) groups excluding carboxylic acids is 2. The van der Waals surface area contributed by atoms with E-state index in [2.05, 4.69) is 13.8 Å². The van der Waals surface area contributed by atoms with Gasteiger partial charge in [-0.15, -0.1) is 0 Å². The maximum atomic E-state index is 11.7. The van der Waals surface area contributed by atoms with E-state index in [1.54, 1.807) is 0 Å². The normalized spacial score (nSPS) is 10.8. The first-order valence-corrected chi connectivity index (χ1v) is 12.0. The summed E-state index contributed by atoms with van der Waals surface area (Å²) in [6.45, 7) is 5.31. The van der Waals surface area contributed by atoms with Gasteiger partial charge >= 0.3 is 11.9 Å². The van der Waals surface area contributed by atoms with Crippen LogP contribution in [0.1, 0.15) is 129 Å². The molecule has 0 aliphatic carbocycles. The molecule has 0 N–H and O–H groups in total. The highest BCUT2D eigenvalue weighted by Gasteiger charge is 2.04. The lowest BCUT2D eigenvalue weighted by Crippen LogP contribution is -2.08. The van der Waals surface area contributed by atoms with E-state index >= 15 is 0 Å². The molecule has 0 atom stereocenters. The fraction of sp³-hybridized carbons (Fsp3) is 0.917. The van der Waals surface area contributed by atoms with E-state index in [4.69, 9.17) is 9.47 Å². The van der Waals surface area contributed by atoms with Gasteiger partial charge in [-0.2, -0.15) is 0 Å². The van der Waals surface area contributed by atoms with Gasteiger partial charge in [0, 0.05) is 12.8 Å². The van der Waals surface area contributed by atoms with Gasteiger partial charge in [-0.25, -0.2) is 0 Å². The van der Waals surface area contributed by atoms with Crippen molar-refractivity contribution in [2.45, 2.75) is 129 Å². The third kappa shape index (κ3) is 21.2. The van der Waals surface area contributed by atoms with E-state index < -0.39 is 0 Å². The average molecular weight is 399 g/mol. The number of hydrogen-bond donors (Lipinski definition) is 0. The minimum absolute atomic E-state index is 0.0916. The number of rotatable bonds is 21. The zero-order valence-electron chi connectivity index (χ0n) is 18.8. The molecule has 0 spiro atoms. The van der Waals surface area contributed by atoms with Crippen LogP contribution >= 0.6 is 0 Å². The molecule has 0 rings (SSSR count). The third-order valence-corrected chi connectivity index (χ3v) is 5.03. The fourth-order valence-corrected chi connectivity index (χ4v) is 3.17. The molecule has 0 radical (unpaired) electrons. The van der Waals surface area contributed by atoms with Crippen LogP contribution in [-0.4, -0.2) is 25.2 Å². The van der Waals surface area contributed by atoms with Crippen molar-refractivity contribution < 1.29 is 19.1 Å². The Kier molecular flexibility index (Phi) is 21.4. The standard InChI is InChI=1S/C24H46O4/c1-3-5-7-9-11-12-14-16-20-24(26)28-22-18-17-21-27-23(25)19-15-13-10-8-6-4-2/h3-22H2,1-2H3. The summed E-state index contributed by atoms with van der Waals surface area (Å²) in [7, 11) is 0. The minimum Gasteiger partial charge on any atom is -0.466 e. The van der Waals surface area contributed by atoms with Crippen molar-refractivity contribution >= 4 is 11.9 Å². The Balaban J connectivity index is 3.28. The van der Waals surface area contributed by atoms with Gasteiger partial charge in [0.15, 0.2) is 0 Å². The Morgan fingerprint density at radius 1 is 0.464 bits per heavy atom. The van der Waals surface area contributed by atoms with E-state index in [-0.39, 0.29) is 11.9 Å². The zero-order valence-corrected chi connectivity index (χ0v) is 18.8. The summed E-state index contributed by atoms with van der Waals surface area (Å²) < 4.78 is 10.5. The molecule has 0 heterocycles. The van der Waals surface area contributed by atoms with Gasteiger partial charge in [0.25, 0.3) is 0 Å². The lowest BCUT2D eigenvalue weighted by atomic mass is 10.1. The molecule has 0 aromatic heterocycles. The van der Waals surface area contributed by atoms with E-state index in [0.29, 0.717) is 26.1 Å². The van der Waals surface area contributed by atoms with Gasteiger partial charge in [0.1, 0.15) is 0 Å². The van der Waals surface area contributed by atoms with Crippen molar-refractivity contribution in [3.8, 4) is 0 Å². The summed E-state index contributed by atoms with van der Waals surface area (Å²) >= 11 is 0. The summed E-state index contributed by atoms with van der Waals surface area (Å²) in [6.07, 6.45) is 19.5. The molecule has 0 bridgehead atoms. The van der Waals surface area contributed by atoms with Crippen LogP contribution in [0.2, 0.25) is 0 Å². The second-order valence-electron chi connectivity index (χ2n) is 7.89. The second kappa shape index (κ2) is 22.2. The van der Waals surface area contributed by atoms with E-state index in [9.17, 15) is 9.59 Å². The van der Waals surface area contributed by atoms with Crippen LogP contribution in [-0.2, 0) is 19.1 Å². The molecule has 0 amide bonds. The number of esters is 2. The fourth-order valence-electron chi connectivity index (χ4n) is 3.17. The topological polar surface area (TPSA) is 52.6 Å². The Morgan fingerprint density at radius 3 is 1.14 bits per heavy atom. The molecule has 28 heavy (non-hydrogen) atoms. The molecule has 166 valence electrons. The number of hydrogen-bond acceptors (Lipinski definition) is 4. The molecule has 0 unspecified atom stereocenters. The largest absolute Gasteiger partial charge is 0.466 e. The van der Waals surface area contributed by atoms with Gasteiger partial charge in [0.05, 0.1) is 13.2 Å². The van der Waals surface area contributed by atoms with E-state index in [1.807, 2.05) is 0 Å². The van der Waals surface area contributed by atoms with Crippen LogP contribution in [0.4, 0.5) is 0 Å². The van der Waals surface area contributed by atoms with Gasteiger partial charge in [-0.3, -0.25) is 9.59 Å². The van der Waals surface area contributed by atoms with Gasteiger partial charge in [0.2, 0.25) is 0 Å². The van der Waals surface area contributed by atoms with Crippen molar-refractivity contribution in [3.63, 3.8) is 0 Å². The molecule has 0 aliphatic heterocycles. The highest BCUT2D eigenvalue weighted by atomic mass is 16.5. The minimum atomic E-state index is -0.0952. The molecule has 4 nitrogen and oxygen atoms in total. The van der Waals surface area contributed by atoms with Gasteiger partial charge in [-0.05, 0) is 25.7 Å². The SMILES string of the molecule is CCCCCCCCCCC(=O)OCCCCOC(=O)CCCCCCCC. The first-order valence-electron chi connectivity index (χ1n) is 12.0. The van der Waals surface area contributed by atoms with Crippen LogP contribution in [0, 0.1) is 0 Å². The maximum Gasteiger partial charge on any atom is 0.305 e. The molecule has 0 fully saturated rings. The molecular formula is C24H46O4. The summed E-state index contributed by atoms with van der Waals surface area (Å²) in [4.78, 5) is 23.3. The predicted octanol–water partition coefficient (Wildman–Crippen LogP) is 7.13. The van der Waals surface area contributed by atoms with Crippen LogP contribution in [0.25, 0.3) is 0 Å². The van der Waals surface area contributed by atoms with Crippen molar-refractivity contribution in [2.75, 3.05) is 13.2 Å². The number of unbranched alkanes of at least 4 members (excludes halogenated alkanes) is 13. The van der Waals surface area contributed by atoms with Crippen molar-refractivity contribution in [2.24, 2.45) is 0 Å². The first-order chi connectivity index (χ1) is 13.7. The smallest absolute Gasteiger partial charge is 0.305 e. The zero-order chi connectivity index (χ0) is 20.7. The molecule has 4 heteroatoms. The first kappa shape index (κ1) is 26.9. The Hall–Kier alpha value is -1.06. The van der Waals surface area contributed by atoms with Crippen LogP contribution in [0.15, 0.2) is 0 Å². The van der Waals surface area contributed by atoms with Crippen molar-refractivity contribution in [3.05, 3.63) is 0 Å². The lowest BCUT2D eigenvalue weighted by Gasteiger charge is -2.06. The third-order valence-electron chi connectivity index (χ3n) is 5.03. The molecule has 0 aromatic carbocycles. The monoisotopic (exact) mass is 398 g/mol. The number of ether oxygens (including phenoxy) is 2. The summed E-state index contributed by atoms with van der Waals surface area (Å²) in [5, 5.41) is 0. The Morgan fingerprint density at radius 2 is 0.786 bits per heavy atom. The van der Waals surface area contributed by atoms with Crippen molar-refractivity contribution in [1.29, 1.82) is 0 Å². The molecule has 0 saturated heterocycles. The Labute approximate surface area is 174 Å². The summed E-state index contributed by atoms with van der Waals surface area (Å²) in [6, 6.07) is 0. The van der Waals surface area contributed by atoms with Crippen LogP contribution in [0.3, 0.4) is 0 Å². The van der Waals surface area contributed by atoms with Crippen LogP contribution in [0.5, 0.6) is 0 Å². The van der Waals surface area contributed by atoms with Gasteiger partial charge < -0.3 is 9.47 Å². The molecule has 0 aromatic rings. The summed E-state index contributed by atoms with van der Waals surface area (Å²) in [5.74, 6) is -0.187. The van der Waals surface area contributed by atoms with E-state index in [0.717, 1.165) is 38.5 Å². The quantitative estimate of drug-likeness (QED) is 0.152. The summed E-state index contributed by atoms with van der Waals surface area (Å²) in [5.41, 5.74) is 0. The van der Waals surface area contributed by atoms with Crippen molar-refractivity contribution in [1.82, 2.24) is 0 Å². The number of carbonyl (C=O) groups is 2. The second-order valence-corrected chi connectivity index (χ2v) is 7.89. The molecular weight excluding hydrogens is 352 g/mol. The van der Waals surface area contributed by atoms with E-state index in [1.165, 1.54) is 64.2 Å². The lowest BCUT2D eigenvalue weighted by molar-refractivity contribution is -0.146. The van der Waals surface area contributed by atoms with Crippen LogP contribution < -0.4 is 0 Å². The molecule has 0 saturated carbocycles. The average Bonchev–Trinajstić information content (AvgIpc) is 2.69. The Bertz CT molecular complexity index is 355.